The van der Waals surface area contributed by atoms with Crippen molar-refractivity contribution in [3.63, 3.8) is 0 Å². The lowest BCUT2D eigenvalue weighted by Gasteiger charge is -2.08. The fourth-order valence-electron chi connectivity index (χ4n) is 3.05. The Labute approximate surface area is 171 Å². The van der Waals surface area contributed by atoms with Crippen molar-refractivity contribution in [3.8, 4) is 5.69 Å². The van der Waals surface area contributed by atoms with Crippen LogP contribution >= 0.6 is 11.3 Å². The van der Waals surface area contributed by atoms with Gasteiger partial charge in [-0.3, -0.25) is 4.79 Å². The molecule has 0 saturated heterocycles. The van der Waals surface area contributed by atoms with Crippen LogP contribution in [-0.4, -0.2) is 20.7 Å². The number of hydrogen-bond acceptors (Lipinski definition) is 4. The number of rotatable bonds is 5. The minimum atomic E-state index is -0.325. The van der Waals surface area contributed by atoms with Crippen LogP contribution < -0.4 is 5.32 Å². The van der Waals surface area contributed by atoms with Gasteiger partial charge >= 0.3 is 0 Å². The molecule has 0 aliphatic carbocycles. The molecule has 146 valence electrons. The minimum absolute atomic E-state index is 0.234. The van der Waals surface area contributed by atoms with Crippen LogP contribution in [0.2, 0.25) is 0 Å². The first-order chi connectivity index (χ1) is 14.0. The third-order valence-electron chi connectivity index (χ3n) is 4.39. The van der Waals surface area contributed by atoms with Crippen molar-refractivity contribution in [2.45, 2.75) is 20.3 Å². The molecule has 1 N–H and O–H groups in total. The Hall–Kier alpha value is -3.32. The van der Waals surface area contributed by atoms with Crippen LogP contribution in [0.1, 0.15) is 31.6 Å². The third kappa shape index (κ3) is 4.25. The van der Waals surface area contributed by atoms with Gasteiger partial charge in [0, 0.05) is 12.5 Å². The molecule has 0 fully saturated rings. The topological polar surface area (TPSA) is 59.8 Å². The van der Waals surface area contributed by atoms with Gasteiger partial charge in [0.05, 0.1) is 22.1 Å². The molecule has 0 atom stereocenters. The number of carbonyl (C=O) groups is 1. The van der Waals surface area contributed by atoms with Gasteiger partial charge in [0.25, 0.3) is 5.91 Å². The Morgan fingerprint density at radius 1 is 1.10 bits per heavy atom. The van der Waals surface area contributed by atoms with Crippen LogP contribution in [0.25, 0.3) is 5.69 Å². The Bertz CT molecular complexity index is 1150. The van der Waals surface area contributed by atoms with Gasteiger partial charge in [-0.2, -0.15) is 5.10 Å². The monoisotopic (exact) mass is 406 g/mol. The maximum Gasteiger partial charge on any atom is 0.268 e. The summed E-state index contributed by atoms with van der Waals surface area (Å²) in [6, 6.07) is 17.8. The van der Waals surface area contributed by atoms with Crippen molar-refractivity contribution in [1.29, 1.82) is 0 Å². The Morgan fingerprint density at radius 2 is 1.83 bits per heavy atom. The second kappa shape index (κ2) is 7.97. The van der Waals surface area contributed by atoms with Gasteiger partial charge in [-0.25, -0.2) is 14.1 Å². The lowest BCUT2D eigenvalue weighted by atomic mass is 10.2. The average molecular weight is 406 g/mol. The van der Waals surface area contributed by atoms with Crippen LogP contribution in [0.4, 0.5) is 10.2 Å². The predicted molar refractivity (Wildman–Crippen MR) is 112 cm³/mol. The normalized spacial score (nSPS) is 10.9. The van der Waals surface area contributed by atoms with E-state index in [-0.39, 0.29) is 11.7 Å². The lowest BCUT2D eigenvalue weighted by Crippen LogP contribution is -2.15. The summed E-state index contributed by atoms with van der Waals surface area (Å²) in [6.45, 7) is 3.67. The van der Waals surface area contributed by atoms with Gasteiger partial charge in [-0.05, 0) is 43.7 Å². The summed E-state index contributed by atoms with van der Waals surface area (Å²) < 4.78 is 14.8. The lowest BCUT2D eigenvalue weighted by molar-refractivity contribution is 0.102. The molecule has 7 heteroatoms. The maximum absolute atomic E-state index is 13.2. The highest BCUT2D eigenvalue weighted by atomic mass is 32.1. The van der Waals surface area contributed by atoms with Crippen LogP contribution in [0, 0.1) is 19.7 Å². The highest BCUT2D eigenvalue weighted by molar-refractivity contribution is 7.14. The predicted octanol–water partition coefficient (Wildman–Crippen LogP) is 4.93. The van der Waals surface area contributed by atoms with E-state index in [0.29, 0.717) is 28.5 Å². The summed E-state index contributed by atoms with van der Waals surface area (Å²) in [6.07, 6.45) is 0.687. The molecule has 4 rings (SSSR count). The second-order valence-electron chi connectivity index (χ2n) is 6.70. The number of aryl methyl sites for hydroxylation is 2. The van der Waals surface area contributed by atoms with Crippen molar-refractivity contribution in [2.24, 2.45) is 0 Å². The van der Waals surface area contributed by atoms with Crippen molar-refractivity contribution in [3.05, 3.63) is 93.3 Å². The molecule has 1 amide bonds. The van der Waals surface area contributed by atoms with Gasteiger partial charge in [-0.1, -0.05) is 30.3 Å². The van der Waals surface area contributed by atoms with E-state index in [1.807, 2.05) is 44.2 Å². The summed E-state index contributed by atoms with van der Waals surface area (Å²) in [5, 5.41) is 8.22. The molecule has 0 aliphatic heterocycles. The van der Waals surface area contributed by atoms with Crippen LogP contribution in [0.15, 0.2) is 60.7 Å². The first-order valence-electron chi connectivity index (χ1n) is 9.14. The van der Waals surface area contributed by atoms with E-state index in [9.17, 15) is 9.18 Å². The number of aromatic nitrogens is 3. The highest BCUT2D eigenvalue weighted by Crippen LogP contribution is 2.24. The van der Waals surface area contributed by atoms with Crippen molar-refractivity contribution < 1.29 is 9.18 Å². The van der Waals surface area contributed by atoms with E-state index in [2.05, 4.69) is 15.4 Å². The second-order valence-corrected chi connectivity index (χ2v) is 7.78. The molecule has 5 nitrogen and oxygen atoms in total. The van der Waals surface area contributed by atoms with E-state index in [1.54, 1.807) is 22.9 Å². The van der Waals surface area contributed by atoms with Crippen LogP contribution in [0.5, 0.6) is 0 Å². The number of amides is 1. The number of halogens is 1. The average Bonchev–Trinajstić information content (AvgIpc) is 3.25. The fourth-order valence-corrected chi connectivity index (χ4v) is 4.04. The third-order valence-corrected chi connectivity index (χ3v) is 5.55. The molecule has 0 aliphatic rings. The molecule has 0 saturated carbocycles. The summed E-state index contributed by atoms with van der Waals surface area (Å²) in [5.74, 6) is -0.0338. The Balaban J connectivity index is 1.57. The minimum Gasteiger partial charge on any atom is -0.306 e. The Kier molecular flexibility index (Phi) is 5.22. The largest absolute Gasteiger partial charge is 0.306 e. The fraction of sp³-hybridized carbons (Fsp3) is 0.136. The van der Waals surface area contributed by atoms with E-state index in [4.69, 9.17) is 0 Å². The van der Waals surface area contributed by atoms with Crippen molar-refractivity contribution in [1.82, 2.24) is 14.8 Å². The van der Waals surface area contributed by atoms with E-state index in [0.717, 1.165) is 16.3 Å². The number of carbonyl (C=O) groups excluding carboxylic acids is 1. The number of anilines is 1. The van der Waals surface area contributed by atoms with Gasteiger partial charge in [0.15, 0.2) is 0 Å². The van der Waals surface area contributed by atoms with Gasteiger partial charge in [0.2, 0.25) is 0 Å². The van der Waals surface area contributed by atoms with Gasteiger partial charge < -0.3 is 5.32 Å². The van der Waals surface area contributed by atoms with Crippen LogP contribution in [0.3, 0.4) is 0 Å². The van der Waals surface area contributed by atoms with Gasteiger partial charge in [0.1, 0.15) is 16.5 Å². The summed E-state index contributed by atoms with van der Waals surface area (Å²) in [5.41, 5.74) is 3.26. The highest BCUT2D eigenvalue weighted by Gasteiger charge is 2.18. The van der Waals surface area contributed by atoms with E-state index < -0.39 is 0 Å². The van der Waals surface area contributed by atoms with Gasteiger partial charge in [-0.15, -0.1) is 11.3 Å². The molecule has 0 bridgehead atoms. The standard InChI is InChI=1S/C22H19FN4OS/c1-14-12-19(27(26-14)18-10-8-17(23)9-11-18)25-22(28)21-15(2)24-20(29-21)13-16-6-4-3-5-7-16/h3-12H,13H2,1-2H3,(H,25,28). The smallest absolute Gasteiger partial charge is 0.268 e. The Morgan fingerprint density at radius 3 is 2.55 bits per heavy atom. The zero-order valence-corrected chi connectivity index (χ0v) is 16.8. The number of nitrogens with one attached hydrogen (secondary N) is 1. The number of benzene rings is 2. The molecule has 2 heterocycles. The summed E-state index contributed by atoms with van der Waals surface area (Å²) >= 11 is 1.39. The first-order valence-corrected chi connectivity index (χ1v) is 9.95. The molecule has 0 spiro atoms. The number of nitrogens with zero attached hydrogens (tertiary/aromatic N) is 3. The molecule has 0 radical (unpaired) electrons. The zero-order chi connectivity index (χ0) is 20.4. The first kappa shape index (κ1) is 19.0. The number of thiazole rings is 1. The zero-order valence-electron chi connectivity index (χ0n) is 16.0. The molecular formula is C22H19FN4OS. The van der Waals surface area contributed by atoms with Crippen molar-refractivity contribution in [2.75, 3.05) is 5.32 Å². The van der Waals surface area contributed by atoms with E-state index in [1.165, 1.54) is 23.5 Å². The number of hydrogen-bond donors (Lipinski definition) is 1. The molecule has 2 aromatic carbocycles. The summed E-state index contributed by atoms with van der Waals surface area (Å²) in [7, 11) is 0. The van der Waals surface area contributed by atoms with Crippen molar-refractivity contribution >= 4 is 23.1 Å². The quantitative estimate of drug-likeness (QED) is 0.511. The van der Waals surface area contributed by atoms with Crippen LogP contribution in [-0.2, 0) is 6.42 Å². The van der Waals surface area contributed by atoms with E-state index >= 15 is 0 Å². The molecule has 2 aromatic heterocycles. The molecule has 0 unspecified atom stereocenters. The maximum atomic E-state index is 13.2. The molecular weight excluding hydrogens is 387 g/mol. The molecule has 4 aromatic rings. The SMILES string of the molecule is Cc1cc(NC(=O)c2sc(Cc3ccccc3)nc2C)n(-c2ccc(F)cc2)n1. The summed E-state index contributed by atoms with van der Waals surface area (Å²) in [4.78, 5) is 18.0. The molecule has 29 heavy (non-hydrogen) atoms.